The number of urea groups is 1. The van der Waals surface area contributed by atoms with Crippen molar-refractivity contribution in [1.82, 2.24) is 4.90 Å². The Morgan fingerprint density at radius 3 is 3.00 bits per heavy atom. The molecular formula is C13H17ClN2O3. The molecule has 1 fully saturated rings. The number of methoxy groups -OCH3 is 1. The lowest BCUT2D eigenvalue weighted by molar-refractivity contribution is 0.209. The van der Waals surface area contributed by atoms with E-state index < -0.39 is 0 Å². The second-order valence-electron chi connectivity index (χ2n) is 4.56. The lowest BCUT2D eigenvalue weighted by atomic mass is 10.1. The molecule has 1 aromatic rings. The average Bonchev–Trinajstić information content (AvgIpc) is 2.88. The van der Waals surface area contributed by atoms with Gasteiger partial charge in [0.05, 0.1) is 12.1 Å². The third kappa shape index (κ3) is 3.30. The van der Waals surface area contributed by atoms with E-state index in [2.05, 4.69) is 5.32 Å². The van der Waals surface area contributed by atoms with Crippen LogP contribution in [-0.4, -0.2) is 42.8 Å². The first-order valence-corrected chi connectivity index (χ1v) is 6.52. The molecule has 2 amide bonds. The summed E-state index contributed by atoms with van der Waals surface area (Å²) in [6.45, 7) is 1.38. The summed E-state index contributed by atoms with van der Waals surface area (Å²) in [7, 11) is 1.54. The number of benzene rings is 1. The maximum atomic E-state index is 12.0. The number of carbonyl (C=O) groups excluding carboxylic acids is 1. The van der Waals surface area contributed by atoms with E-state index in [1.54, 1.807) is 30.2 Å². The molecule has 19 heavy (non-hydrogen) atoms. The van der Waals surface area contributed by atoms with Gasteiger partial charge in [-0.2, -0.15) is 0 Å². The van der Waals surface area contributed by atoms with Crippen LogP contribution in [0.15, 0.2) is 18.2 Å². The molecule has 6 heteroatoms. The first-order chi connectivity index (χ1) is 9.13. The van der Waals surface area contributed by atoms with E-state index in [9.17, 15) is 4.79 Å². The minimum absolute atomic E-state index is 0.123. The van der Waals surface area contributed by atoms with Gasteiger partial charge in [-0.05, 0) is 24.6 Å². The van der Waals surface area contributed by atoms with Crippen molar-refractivity contribution < 1.29 is 14.6 Å². The third-order valence-electron chi connectivity index (χ3n) is 3.23. The van der Waals surface area contributed by atoms with E-state index in [4.69, 9.17) is 21.4 Å². The summed E-state index contributed by atoms with van der Waals surface area (Å²) in [5.74, 6) is 0.756. The monoisotopic (exact) mass is 284 g/mol. The van der Waals surface area contributed by atoms with Gasteiger partial charge in [-0.15, -0.1) is 0 Å². The van der Waals surface area contributed by atoms with Crippen LogP contribution in [0.1, 0.15) is 6.42 Å². The molecule has 0 spiro atoms. The van der Waals surface area contributed by atoms with E-state index in [0.29, 0.717) is 29.5 Å². The highest BCUT2D eigenvalue weighted by atomic mass is 35.5. The minimum atomic E-state index is -0.169. The molecule has 0 aromatic heterocycles. The number of nitrogens with one attached hydrogen (secondary N) is 1. The van der Waals surface area contributed by atoms with Crippen molar-refractivity contribution in [1.29, 1.82) is 0 Å². The van der Waals surface area contributed by atoms with Crippen molar-refractivity contribution in [3.8, 4) is 5.75 Å². The van der Waals surface area contributed by atoms with E-state index in [1.165, 1.54) is 0 Å². The summed E-state index contributed by atoms with van der Waals surface area (Å²) < 4.78 is 5.05. The zero-order valence-electron chi connectivity index (χ0n) is 10.7. The maximum Gasteiger partial charge on any atom is 0.321 e. The van der Waals surface area contributed by atoms with Crippen LogP contribution in [0.25, 0.3) is 0 Å². The summed E-state index contributed by atoms with van der Waals surface area (Å²) >= 11 is 6.00. The fraction of sp³-hybridized carbons (Fsp3) is 0.462. The van der Waals surface area contributed by atoms with Gasteiger partial charge < -0.3 is 20.1 Å². The molecule has 1 atom stereocenters. The Labute approximate surface area is 117 Å². The van der Waals surface area contributed by atoms with Crippen LogP contribution in [0.4, 0.5) is 10.5 Å². The normalized spacial score (nSPS) is 18.5. The van der Waals surface area contributed by atoms with Crippen LogP contribution < -0.4 is 10.1 Å². The Morgan fingerprint density at radius 2 is 2.42 bits per heavy atom. The fourth-order valence-electron chi connectivity index (χ4n) is 2.11. The molecule has 0 bridgehead atoms. The molecule has 1 heterocycles. The van der Waals surface area contributed by atoms with E-state index >= 15 is 0 Å². The highest BCUT2D eigenvalue weighted by molar-refractivity contribution is 6.32. The SMILES string of the molecule is COc1ccc(NC(=O)N2CCC(CO)C2)cc1Cl. The molecule has 1 aromatic carbocycles. The van der Waals surface area contributed by atoms with Gasteiger partial charge >= 0.3 is 6.03 Å². The largest absolute Gasteiger partial charge is 0.495 e. The highest BCUT2D eigenvalue weighted by Gasteiger charge is 2.25. The summed E-state index contributed by atoms with van der Waals surface area (Å²) in [6.07, 6.45) is 0.841. The summed E-state index contributed by atoms with van der Waals surface area (Å²) in [4.78, 5) is 13.7. The summed E-state index contributed by atoms with van der Waals surface area (Å²) in [6, 6.07) is 4.93. The number of likely N-dealkylation sites (tertiary alicyclic amines) is 1. The van der Waals surface area contributed by atoms with Crippen LogP contribution in [0.2, 0.25) is 5.02 Å². The quantitative estimate of drug-likeness (QED) is 0.894. The second-order valence-corrected chi connectivity index (χ2v) is 4.97. The summed E-state index contributed by atoms with van der Waals surface area (Å²) in [5, 5.41) is 12.3. The number of halogens is 1. The number of aliphatic hydroxyl groups excluding tert-OH is 1. The maximum absolute atomic E-state index is 12.0. The summed E-state index contributed by atoms with van der Waals surface area (Å²) in [5.41, 5.74) is 0.628. The molecule has 0 radical (unpaired) electrons. The number of rotatable bonds is 3. The van der Waals surface area contributed by atoms with Gasteiger partial charge in [0, 0.05) is 31.3 Å². The van der Waals surface area contributed by atoms with Gasteiger partial charge in [-0.1, -0.05) is 11.6 Å². The third-order valence-corrected chi connectivity index (χ3v) is 3.53. The van der Waals surface area contributed by atoms with Crippen molar-refractivity contribution in [2.24, 2.45) is 5.92 Å². The van der Waals surface area contributed by atoms with Gasteiger partial charge in [0.25, 0.3) is 0 Å². The zero-order valence-corrected chi connectivity index (χ0v) is 11.5. The van der Waals surface area contributed by atoms with Crippen molar-refractivity contribution in [2.45, 2.75) is 6.42 Å². The number of carbonyl (C=O) groups is 1. The lowest BCUT2D eigenvalue weighted by Gasteiger charge is -2.17. The number of hydrogen-bond acceptors (Lipinski definition) is 3. The number of amides is 2. The molecule has 1 aliphatic heterocycles. The predicted octanol–water partition coefficient (Wildman–Crippen LogP) is 2.19. The molecular weight excluding hydrogens is 268 g/mol. The van der Waals surface area contributed by atoms with Crippen molar-refractivity contribution in [2.75, 3.05) is 32.1 Å². The number of anilines is 1. The smallest absolute Gasteiger partial charge is 0.321 e. The molecule has 5 nitrogen and oxygen atoms in total. The Hall–Kier alpha value is -1.46. The first-order valence-electron chi connectivity index (χ1n) is 6.14. The van der Waals surface area contributed by atoms with Gasteiger partial charge in [-0.25, -0.2) is 4.79 Å². The standard InChI is InChI=1S/C13H17ClN2O3/c1-19-12-3-2-10(6-11(12)14)15-13(18)16-5-4-9(7-16)8-17/h2-3,6,9,17H,4-5,7-8H2,1H3,(H,15,18). The van der Waals surface area contributed by atoms with E-state index in [0.717, 1.165) is 6.42 Å². The van der Waals surface area contributed by atoms with Gasteiger partial charge in [0.1, 0.15) is 5.75 Å². The van der Waals surface area contributed by atoms with Gasteiger partial charge in [-0.3, -0.25) is 0 Å². The van der Waals surface area contributed by atoms with Crippen molar-refractivity contribution in [3.05, 3.63) is 23.2 Å². The Balaban J connectivity index is 1.97. The van der Waals surface area contributed by atoms with Crippen molar-refractivity contribution in [3.63, 3.8) is 0 Å². The van der Waals surface area contributed by atoms with E-state index in [1.807, 2.05) is 0 Å². The second kappa shape index (κ2) is 6.12. The molecule has 2 N–H and O–H groups in total. The molecule has 1 unspecified atom stereocenters. The number of nitrogens with zero attached hydrogens (tertiary/aromatic N) is 1. The van der Waals surface area contributed by atoms with Crippen molar-refractivity contribution >= 4 is 23.3 Å². The van der Waals surface area contributed by atoms with E-state index in [-0.39, 0.29) is 18.6 Å². The predicted molar refractivity (Wildman–Crippen MR) is 73.8 cm³/mol. The molecule has 2 rings (SSSR count). The Bertz CT molecular complexity index is 467. The average molecular weight is 285 g/mol. The van der Waals surface area contributed by atoms with Crippen LogP contribution in [-0.2, 0) is 0 Å². The molecule has 104 valence electrons. The van der Waals surface area contributed by atoms with Crippen LogP contribution in [0, 0.1) is 5.92 Å². The van der Waals surface area contributed by atoms with Gasteiger partial charge in [0.15, 0.2) is 0 Å². The molecule has 0 aliphatic carbocycles. The van der Waals surface area contributed by atoms with Crippen LogP contribution >= 0.6 is 11.6 Å². The number of ether oxygens (including phenoxy) is 1. The zero-order chi connectivity index (χ0) is 13.8. The van der Waals surface area contributed by atoms with Crippen LogP contribution in [0.3, 0.4) is 0 Å². The topological polar surface area (TPSA) is 61.8 Å². The Kier molecular flexibility index (Phi) is 4.50. The molecule has 1 aliphatic rings. The number of hydrogen-bond donors (Lipinski definition) is 2. The number of aliphatic hydroxyl groups is 1. The molecule has 1 saturated heterocycles. The Morgan fingerprint density at radius 1 is 1.63 bits per heavy atom. The fourth-order valence-corrected chi connectivity index (χ4v) is 2.37. The highest BCUT2D eigenvalue weighted by Crippen LogP contribution is 2.27. The van der Waals surface area contributed by atoms with Gasteiger partial charge in [0.2, 0.25) is 0 Å². The minimum Gasteiger partial charge on any atom is -0.495 e. The van der Waals surface area contributed by atoms with Crippen LogP contribution in [0.5, 0.6) is 5.75 Å². The first kappa shape index (κ1) is 14.0. The lowest BCUT2D eigenvalue weighted by Crippen LogP contribution is -2.33. The molecule has 0 saturated carbocycles.